The third-order valence-electron chi connectivity index (χ3n) is 2.73. The zero-order valence-electron chi connectivity index (χ0n) is 9.35. The molecule has 0 saturated heterocycles. The Morgan fingerprint density at radius 3 is 2.53 bits per heavy atom. The summed E-state index contributed by atoms with van der Waals surface area (Å²) in [6.07, 6.45) is 0. The van der Waals surface area contributed by atoms with Crippen molar-refractivity contribution >= 4 is 27.0 Å². The summed E-state index contributed by atoms with van der Waals surface area (Å²) in [6.45, 7) is 0. The van der Waals surface area contributed by atoms with Gasteiger partial charge in [0.2, 0.25) is 0 Å². The fraction of sp³-hybridized carbons (Fsp3) is 0. The van der Waals surface area contributed by atoms with Crippen LogP contribution in [0.1, 0.15) is 0 Å². The molecule has 1 heterocycles. The van der Waals surface area contributed by atoms with E-state index < -0.39 is 17.5 Å². The molecule has 1 aromatic heterocycles. The Kier molecular flexibility index (Phi) is 2.82. The lowest BCUT2D eigenvalue weighted by Crippen LogP contribution is -1.85. The van der Waals surface area contributed by atoms with Crippen LogP contribution < -0.4 is 0 Å². The fourth-order valence-electron chi connectivity index (χ4n) is 1.82. The van der Waals surface area contributed by atoms with Crippen LogP contribution in [0, 0.1) is 17.5 Å². The molecule has 96 valence electrons. The average molecular weight is 327 g/mol. The Balaban J connectivity index is 2.23. The van der Waals surface area contributed by atoms with Crippen LogP contribution in [-0.2, 0) is 0 Å². The van der Waals surface area contributed by atoms with Gasteiger partial charge in [-0.3, -0.25) is 0 Å². The highest BCUT2D eigenvalue weighted by molar-refractivity contribution is 9.10. The van der Waals surface area contributed by atoms with E-state index in [4.69, 9.17) is 0 Å². The van der Waals surface area contributed by atoms with Crippen molar-refractivity contribution in [3.05, 3.63) is 52.3 Å². The molecule has 3 rings (SSSR count). The normalized spacial score (nSPS) is 11.2. The number of aromatic amines is 1. The Labute approximate surface area is 114 Å². The molecular weight excluding hydrogens is 321 g/mol. The van der Waals surface area contributed by atoms with Crippen LogP contribution in [0.25, 0.3) is 22.4 Å². The van der Waals surface area contributed by atoms with Crippen LogP contribution in [0.2, 0.25) is 0 Å². The van der Waals surface area contributed by atoms with Crippen LogP contribution in [0.15, 0.2) is 34.8 Å². The van der Waals surface area contributed by atoms with E-state index >= 15 is 0 Å². The predicted molar refractivity (Wildman–Crippen MR) is 69.1 cm³/mol. The van der Waals surface area contributed by atoms with Gasteiger partial charge in [-0.2, -0.15) is 0 Å². The Hall–Kier alpha value is -1.82. The first-order valence-corrected chi connectivity index (χ1v) is 6.14. The summed E-state index contributed by atoms with van der Waals surface area (Å²) in [6, 6.07) is 6.50. The van der Waals surface area contributed by atoms with E-state index in [0.29, 0.717) is 16.9 Å². The monoisotopic (exact) mass is 326 g/mol. The van der Waals surface area contributed by atoms with Crippen molar-refractivity contribution in [3.8, 4) is 11.4 Å². The van der Waals surface area contributed by atoms with Gasteiger partial charge in [-0.05, 0) is 28.1 Å². The van der Waals surface area contributed by atoms with Gasteiger partial charge in [0, 0.05) is 17.7 Å². The number of nitrogens with zero attached hydrogens (tertiary/aromatic N) is 1. The summed E-state index contributed by atoms with van der Waals surface area (Å²) in [7, 11) is 0. The van der Waals surface area contributed by atoms with Gasteiger partial charge < -0.3 is 4.98 Å². The molecule has 0 fully saturated rings. The molecule has 0 bridgehead atoms. The van der Waals surface area contributed by atoms with Crippen LogP contribution in [0.4, 0.5) is 13.2 Å². The number of nitrogens with one attached hydrogen (secondary N) is 1. The maximum Gasteiger partial charge on any atom is 0.161 e. The molecular formula is C13H6BrF3N2. The average Bonchev–Trinajstić information content (AvgIpc) is 2.76. The van der Waals surface area contributed by atoms with Gasteiger partial charge in [-0.25, -0.2) is 18.2 Å². The number of aromatic nitrogens is 2. The summed E-state index contributed by atoms with van der Waals surface area (Å²) in [4.78, 5) is 6.96. The first kappa shape index (κ1) is 12.2. The molecule has 0 aliphatic carbocycles. The molecule has 3 aromatic rings. The smallest absolute Gasteiger partial charge is 0.161 e. The second-order valence-electron chi connectivity index (χ2n) is 3.97. The highest BCUT2D eigenvalue weighted by Gasteiger charge is 2.13. The number of hydrogen-bond acceptors (Lipinski definition) is 1. The molecule has 2 aromatic carbocycles. The van der Waals surface area contributed by atoms with Gasteiger partial charge in [0.1, 0.15) is 11.6 Å². The summed E-state index contributed by atoms with van der Waals surface area (Å²) in [5, 5.41) is 0. The van der Waals surface area contributed by atoms with Crippen molar-refractivity contribution < 1.29 is 13.2 Å². The minimum atomic E-state index is -0.969. The first-order valence-electron chi connectivity index (χ1n) is 5.35. The highest BCUT2D eigenvalue weighted by Crippen LogP contribution is 2.30. The minimum absolute atomic E-state index is 0.245. The summed E-state index contributed by atoms with van der Waals surface area (Å²) < 4.78 is 39.9. The molecule has 0 aliphatic rings. The Morgan fingerprint density at radius 1 is 1.00 bits per heavy atom. The zero-order valence-corrected chi connectivity index (χ0v) is 10.9. The molecule has 0 saturated carbocycles. The van der Waals surface area contributed by atoms with Crippen molar-refractivity contribution in [2.45, 2.75) is 0 Å². The molecule has 1 N–H and O–H groups in total. The van der Waals surface area contributed by atoms with Gasteiger partial charge in [0.25, 0.3) is 0 Å². The predicted octanol–water partition coefficient (Wildman–Crippen LogP) is 4.41. The van der Waals surface area contributed by atoms with Gasteiger partial charge >= 0.3 is 0 Å². The van der Waals surface area contributed by atoms with E-state index in [0.717, 1.165) is 12.1 Å². The van der Waals surface area contributed by atoms with E-state index in [1.807, 2.05) is 0 Å². The fourth-order valence-corrected chi connectivity index (χ4v) is 2.27. The number of hydrogen-bond donors (Lipinski definition) is 1. The lowest BCUT2D eigenvalue weighted by molar-refractivity contribution is 0.510. The molecule has 0 aliphatic heterocycles. The molecule has 0 radical (unpaired) electrons. The third-order valence-corrected chi connectivity index (χ3v) is 3.54. The number of fused-ring (bicyclic) bond motifs is 1. The molecule has 6 heteroatoms. The van der Waals surface area contributed by atoms with Gasteiger partial charge in [-0.1, -0.05) is 6.07 Å². The van der Waals surface area contributed by atoms with E-state index in [2.05, 4.69) is 25.9 Å². The second-order valence-corrected chi connectivity index (χ2v) is 4.76. The van der Waals surface area contributed by atoms with Crippen LogP contribution in [0.3, 0.4) is 0 Å². The summed E-state index contributed by atoms with van der Waals surface area (Å²) >= 11 is 3.12. The van der Waals surface area contributed by atoms with Crippen molar-refractivity contribution in [1.29, 1.82) is 0 Å². The molecule has 0 atom stereocenters. The standard InChI is InChI=1S/C13H6BrF3N2/c14-12-6(2-1-3-7(12)15)13-18-10-4-8(16)9(17)5-11(10)19-13/h1-5H,(H,18,19). The van der Waals surface area contributed by atoms with Crippen LogP contribution in [0.5, 0.6) is 0 Å². The van der Waals surface area contributed by atoms with Crippen molar-refractivity contribution in [3.63, 3.8) is 0 Å². The first-order chi connectivity index (χ1) is 9.06. The quantitative estimate of drug-likeness (QED) is 0.705. The van der Waals surface area contributed by atoms with Crippen LogP contribution in [-0.4, -0.2) is 9.97 Å². The maximum atomic E-state index is 13.4. The minimum Gasteiger partial charge on any atom is -0.338 e. The van der Waals surface area contributed by atoms with E-state index in [-0.39, 0.29) is 9.99 Å². The molecule has 0 amide bonds. The topological polar surface area (TPSA) is 28.7 Å². The largest absolute Gasteiger partial charge is 0.338 e. The lowest BCUT2D eigenvalue weighted by Gasteiger charge is -2.00. The SMILES string of the molecule is Fc1cc2nc(-c3cccc(F)c3Br)[nH]c2cc1F. The number of rotatable bonds is 1. The van der Waals surface area contributed by atoms with Crippen molar-refractivity contribution in [2.75, 3.05) is 0 Å². The number of H-pyrrole nitrogens is 1. The van der Waals surface area contributed by atoms with Crippen LogP contribution >= 0.6 is 15.9 Å². The summed E-state index contributed by atoms with van der Waals surface area (Å²) in [5.41, 5.74) is 1.12. The van der Waals surface area contributed by atoms with Gasteiger partial charge in [0.15, 0.2) is 11.6 Å². The maximum absolute atomic E-state index is 13.4. The second kappa shape index (κ2) is 4.38. The lowest BCUT2D eigenvalue weighted by atomic mass is 10.2. The van der Waals surface area contributed by atoms with E-state index in [9.17, 15) is 13.2 Å². The Morgan fingerprint density at radius 2 is 1.74 bits per heavy atom. The van der Waals surface area contributed by atoms with Gasteiger partial charge in [-0.15, -0.1) is 0 Å². The third kappa shape index (κ3) is 2.02. The number of benzene rings is 2. The van der Waals surface area contributed by atoms with Gasteiger partial charge in [0.05, 0.1) is 15.5 Å². The highest BCUT2D eigenvalue weighted by atomic mass is 79.9. The van der Waals surface area contributed by atoms with Crippen molar-refractivity contribution in [2.24, 2.45) is 0 Å². The molecule has 19 heavy (non-hydrogen) atoms. The number of imidazole rings is 1. The number of halogens is 4. The summed E-state index contributed by atoms with van der Waals surface area (Å²) in [5.74, 6) is -2.02. The molecule has 0 unspecified atom stereocenters. The van der Waals surface area contributed by atoms with E-state index in [1.165, 1.54) is 12.1 Å². The van der Waals surface area contributed by atoms with E-state index in [1.54, 1.807) is 6.07 Å². The zero-order chi connectivity index (χ0) is 13.6. The molecule has 0 spiro atoms. The molecule has 2 nitrogen and oxygen atoms in total. The Bertz CT molecular complexity index is 744. The van der Waals surface area contributed by atoms with Crippen molar-refractivity contribution in [1.82, 2.24) is 9.97 Å².